The lowest BCUT2D eigenvalue weighted by Gasteiger charge is -2.27. The number of carbonyl (C=O) groups is 3. The molecule has 1 aliphatic carbocycles. The van der Waals surface area contributed by atoms with Crippen molar-refractivity contribution in [1.29, 1.82) is 5.26 Å². The smallest absolute Gasteiger partial charge is 0.333 e. The lowest BCUT2D eigenvalue weighted by atomic mass is 9.80. The number of nitriles is 1. The molecule has 0 saturated carbocycles. The monoisotopic (exact) mass is 858 g/mol. The molecule has 6 rings (SSSR count). The molecule has 14 nitrogen and oxygen atoms in total. The highest BCUT2D eigenvalue weighted by molar-refractivity contribution is 7.89. The van der Waals surface area contributed by atoms with Gasteiger partial charge in [-0.15, -0.1) is 5.06 Å². The van der Waals surface area contributed by atoms with Gasteiger partial charge in [0.2, 0.25) is 15.7 Å². The number of rotatable bonds is 13. The molecule has 0 unspecified atom stereocenters. The van der Waals surface area contributed by atoms with Crippen molar-refractivity contribution in [2.75, 3.05) is 32.6 Å². The highest BCUT2D eigenvalue weighted by Gasteiger charge is 2.44. The van der Waals surface area contributed by atoms with E-state index in [0.29, 0.717) is 54.8 Å². The van der Waals surface area contributed by atoms with Crippen LogP contribution in [0.1, 0.15) is 96.6 Å². The molecule has 2 amide bonds. The first-order valence-corrected chi connectivity index (χ1v) is 22.9. The Morgan fingerprint density at radius 1 is 0.900 bits per heavy atom. The van der Waals surface area contributed by atoms with Crippen LogP contribution >= 0.6 is 0 Å². The van der Waals surface area contributed by atoms with Gasteiger partial charge in [-0.2, -0.15) is 18.3 Å². The summed E-state index contributed by atoms with van der Waals surface area (Å²) in [5.74, 6) is -1.72. The van der Waals surface area contributed by atoms with Gasteiger partial charge in [-0.25, -0.2) is 17.5 Å². The summed E-state index contributed by atoms with van der Waals surface area (Å²) in [4.78, 5) is 43.1. The standard InChI is InChI=1S/C44H51N5O9S2/c1-43(2)34-26-31(59(53,54)46(5)6)17-19-36(34)47(7)38(43)21-15-29-12-11-13-30(33(29)28-45)16-22-39-44(3,4)35-27-32(60(55,56)57)18-20-37(35)48(39)25-10-8-9-14-42(52)58-49-40(50)23-24-41(49)51/h15-22,26-27H,8-14,23-25H2,1-7H3/p+1. The second-order valence-electron chi connectivity index (χ2n) is 16.8. The van der Waals surface area contributed by atoms with Gasteiger partial charge in [0, 0.05) is 74.4 Å². The molecule has 3 heterocycles. The van der Waals surface area contributed by atoms with E-state index < -0.39 is 48.8 Å². The Morgan fingerprint density at radius 3 is 2.22 bits per heavy atom. The maximum Gasteiger partial charge on any atom is 0.333 e. The maximum absolute atomic E-state index is 13.0. The van der Waals surface area contributed by atoms with Gasteiger partial charge in [-0.3, -0.25) is 14.1 Å². The summed E-state index contributed by atoms with van der Waals surface area (Å²) in [6.07, 6.45) is 11.9. The Labute approximate surface area is 352 Å². The number of hydrogen-bond acceptors (Lipinski definition) is 10. The third kappa shape index (κ3) is 8.41. The van der Waals surface area contributed by atoms with Crippen LogP contribution in [0.2, 0.25) is 0 Å². The van der Waals surface area contributed by atoms with Crippen molar-refractivity contribution >= 4 is 55.0 Å². The number of anilines is 1. The fourth-order valence-corrected chi connectivity index (χ4v) is 9.96. The second-order valence-corrected chi connectivity index (χ2v) is 20.3. The van der Waals surface area contributed by atoms with Gasteiger partial charge in [0.25, 0.3) is 21.9 Å². The molecule has 0 bridgehead atoms. The number of allylic oxidation sites excluding steroid dienone is 8. The predicted molar refractivity (Wildman–Crippen MR) is 225 cm³/mol. The molecule has 2 aromatic rings. The van der Waals surface area contributed by atoms with Crippen molar-refractivity contribution in [3.63, 3.8) is 0 Å². The Bertz CT molecular complexity index is 2580. The highest BCUT2D eigenvalue weighted by Crippen LogP contribution is 2.49. The Kier molecular flexibility index (Phi) is 12.3. The molecule has 2 aromatic carbocycles. The van der Waals surface area contributed by atoms with Gasteiger partial charge < -0.3 is 9.74 Å². The van der Waals surface area contributed by atoms with Crippen LogP contribution in [0, 0.1) is 11.3 Å². The first kappa shape index (κ1) is 44.3. The third-order valence-electron chi connectivity index (χ3n) is 11.9. The number of fused-ring (bicyclic) bond motifs is 2. The van der Waals surface area contributed by atoms with Crippen molar-refractivity contribution in [2.45, 2.75) is 106 Å². The van der Waals surface area contributed by atoms with Gasteiger partial charge in [-0.1, -0.05) is 32.4 Å². The van der Waals surface area contributed by atoms with Gasteiger partial charge in [0.05, 0.1) is 26.8 Å². The summed E-state index contributed by atoms with van der Waals surface area (Å²) < 4.78 is 63.4. The molecule has 318 valence electrons. The first-order chi connectivity index (χ1) is 28.1. The lowest BCUT2D eigenvalue weighted by molar-refractivity contribution is -0.401. The first-order valence-electron chi connectivity index (χ1n) is 20.0. The van der Waals surface area contributed by atoms with Crippen molar-refractivity contribution in [2.24, 2.45) is 0 Å². The van der Waals surface area contributed by atoms with Crippen LogP contribution in [-0.4, -0.2) is 86.5 Å². The van der Waals surface area contributed by atoms with Crippen molar-refractivity contribution < 1.29 is 45.2 Å². The molecule has 0 spiro atoms. The van der Waals surface area contributed by atoms with E-state index in [0.717, 1.165) is 45.9 Å². The summed E-state index contributed by atoms with van der Waals surface area (Å²) in [6, 6.07) is 12.2. The molecule has 1 saturated heterocycles. The molecule has 4 aliphatic rings. The minimum Gasteiger partial charge on any atom is -0.344 e. The zero-order chi connectivity index (χ0) is 43.9. The number of hydroxylamine groups is 2. The third-order valence-corrected chi connectivity index (χ3v) is 14.6. The molecule has 1 fully saturated rings. The fraction of sp³-hybridized carbons (Fsp3) is 0.432. The van der Waals surface area contributed by atoms with E-state index in [1.54, 1.807) is 18.2 Å². The van der Waals surface area contributed by atoms with Crippen molar-refractivity contribution in [1.82, 2.24) is 9.37 Å². The van der Waals surface area contributed by atoms with Crippen molar-refractivity contribution in [3.8, 4) is 6.07 Å². The van der Waals surface area contributed by atoms with E-state index in [1.165, 1.54) is 30.5 Å². The zero-order valence-electron chi connectivity index (χ0n) is 35.1. The number of imide groups is 1. The van der Waals surface area contributed by atoms with Crippen molar-refractivity contribution in [3.05, 3.63) is 94.2 Å². The minimum atomic E-state index is -4.47. The number of sulfonamides is 1. The topological polar surface area (TPSA) is 185 Å². The molecule has 60 heavy (non-hydrogen) atoms. The Morgan fingerprint density at radius 2 is 1.57 bits per heavy atom. The Hall–Kier alpha value is -5.21. The van der Waals surface area contributed by atoms with Gasteiger partial charge in [-0.05, 0) is 99.1 Å². The van der Waals surface area contributed by atoms with Gasteiger partial charge in [0.15, 0.2) is 5.71 Å². The van der Waals surface area contributed by atoms with Crippen LogP contribution in [0.4, 0.5) is 11.4 Å². The second kappa shape index (κ2) is 16.7. The molecule has 1 N–H and O–H groups in total. The number of amides is 2. The quantitative estimate of drug-likeness (QED) is 0.100. The molecule has 16 heteroatoms. The minimum absolute atomic E-state index is 0.0207. The summed E-state index contributed by atoms with van der Waals surface area (Å²) in [6.45, 7) is 8.58. The summed E-state index contributed by atoms with van der Waals surface area (Å²) in [5, 5.41) is 11.1. The van der Waals surface area contributed by atoms with Gasteiger partial charge >= 0.3 is 5.97 Å². The van der Waals surface area contributed by atoms with Gasteiger partial charge in [0.1, 0.15) is 7.05 Å². The summed E-state index contributed by atoms with van der Waals surface area (Å²) in [5.41, 5.74) is 6.20. The number of benzene rings is 2. The average Bonchev–Trinajstić information content (AvgIpc) is 3.69. The maximum atomic E-state index is 13.0. The number of carbonyl (C=O) groups excluding carboxylic acids is 3. The molecular formula is C44H52N5O9S2+. The van der Waals surface area contributed by atoms with Crippen LogP contribution in [0.25, 0.3) is 0 Å². The normalized spacial score (nSPS) is 20.3. The van der Waals surface area contributed by atoms with Crippen LogP contribution in [0.5, 0.6) is 0 Å². The molecule has 0 aromatic heterocycles. The highest BCUT2D eigenvalue weighted by atomic mass is 32.2. The van der Waals surface area contributed by atoms with E-state index in [9.17, 15) is 41.0 Å². The van der Waals surface area contributed by atoms with Crippen LogP contribution in [0.15, 0.2) is 92.9 Å². The van der Waals surface area contributed by atoms with E-state index in [1.807, 2.05) is 51.3 Å². The van der Waals surface area contributed by atoms with Crippen LogP contribution in [0.3, 0.4) is 0 Å². The largest absolute Gasteiger partial charge is 0.344 e. The summed E-state index contributed by atoms with van der Waals surface area (Å²) >= 11 is 0. The van der Waals surface area contributed by atoms with Crippen LogP contribution in [-0.2, 0) is 50.2 Å². The van der Waals surface area contributed by atoms with Crippen LogP contribution < -0.4 is 4.90 Å². The predicted octanol–water partition coefficient (Wildman–Crippen LogP) is 6.53. The number of hydrogen-bond donors (Lipinski definition) is 1. The average molecular weight is 859 g/mol. The zero-order valence-corrected chi connectivity index (χ0v) is 36.7. The van der Waals surface area contributed by atoms with E-state index in [2.05, 4.69) is 29.4 Å². The number of nitrogens with zero attached hydrogens (tertiary/aromatic N) is 5. The number of unbranched alkanes of at least 4 members (excludes halogenated alkanes) is 2. The van der Waals surface area contributed by atoms with E-state index in [-0.39, 0.29) is 29.1 Å². The summed E-state index contributed by atoms with van der Waals surface area (Å²) in [7, 11) is -3.13. The molecule has 0 radical (unpaired) electrons. The molecule has 0 atom stereocenters. The molecule has 3 aliphatic heterocycles. The Balaban J connectivity index is 1.26. The SMILES string of the molecule is CN(C)S(=O)(=O)c1ccc2c(c1)C(C)(C)C(/C=C/C1=C(C#N)C(=C\C=C3/N(CCCCCC(=O)ON4C(=O)CCC4=O)c4ccc(S(=O)(=O)O)cc4C3(C)C)/CCC1)=[N+]2C. The lowest BCUT2D eigenvalue weighted by Crippen LogP contribution is -2.32. The molecular weight excluding hydrogens is 807 g/mol. The van der Waals surface area contributed by atoms with E-state index >= 15 is 0 Å². The fourth-order valence-electron chi connectivity index (χ4n) is 8.53. The van der Waals surface area contributed by atoms with E-state index in [4.69, 9.17) is 4.84 Å².